The van der Waals surface area contributed by atoms with Gasteiger partial charge in [0.15, 0.2) is 5.82 Å². The summed E-state index contributed by atoms with van der Waals surface area (Å²) in [6, 6.07) is -0.132. The molecule has 0 aromatic carbocycles. The molecule has 1 saturated heterocycles. The van der Waals surface area contributed by atoms with Crippen LogP contribution >= 0.6 is 0 Å². The molecule has 1 amide bonds. The highest BCUT2D eigenvalue weighted by Gasteiger charge is 2.33. The summed E-state index contributed by atoms with van der Waals surface area (Å²) in [6.45, 7) is 6.25. The molecular formula is C11H19N5O2. The Morgan fingerprint density at radius 3 is 2.83 bits per heavy atom. The van der Waals surface area contributed by atoms with E-state index in [1.54, 1.807) is 4.90 Å². The highest BCUT2D eigenvalue weighted by Crippen LogP contribution is 2.29. The second kappa shape index (κ2) is 4.91. The number of likely N-dealkylation sites (tertiary alicyclic amines) is 1. The van der Waals surface area contributed by atoms with Gasteiger partial charge in [-0.2, -0.15) is 5.21 Å². The molecule has 18 heavy (non-hydrogen) atoms. The van der Waals surface area contributed by atoms with E-state index >= 15 is 0 Å². The van der Waals surface area contributed by atoms with Crippen molar-refractivity contribution in [3.05, 3.63) is 5.82 Å². The largest absolute Gasteiger partial charge is 0.444 e. The standard InChI is InChI=1S/C11H19N5O2/c1-11(2,3)18-10(17)16-7-5-4-6-8(16)9-12-14-15-13-9/h8H,4-7H2,1-3H3,(H,12,13,14,15)/t8-/m1/s1. The summed E-state index contributed by atoms with van der Waals surface area (Å²) < 4.78 is 5.41. The first-order valence-electron chi connectivity index (χ1n) is 6.20. The number of hydrogen-bond donors (Lipinski definition) is 1. The molecule has 0 bridgehead atoms. The van der Waals surface area contributed by atoms with Crippen molar-refractivity contribution in [2.75, 3.05) is 6.54 Å². The molecule has 0 aliphatic carbocycles. The van der Waals surface area contributed by atoms with E-state index in [1.807, 2.05) is 20.8 Å². The molecule has 2 rings (SSSR count). The molecule has 0 spiro atoms. The van der Waals surface area contributed by atoms with Crippen molar-refractivity contribution >= 4 is 6.09 Å². The lowest BCUT2D eigenvalue weighted by atomic mass is 10.0. The molecule has 1 N–H and O–H groups in total. The SMILES string of the molecule is CC(C)(C)OC(=O)N1CCCC[C@@H]1c1nn[nH]n1. The lowest BCUT2D eigenvalue weighted by molar-refractivity contribution is 0.00845. The fraction of sp³-hybridized carbons (Fsp3) is 0.818. The molecule has 1 aliphatic rings. The number of aromatic amines is 1. The van der Waals surface area contributed by atoms with Crippen molar-refractivity contribution in [1.29, 1.82) is 0 Å². The smallest absolute Gasteiger partial charge is 0.410 e. The molecule has 1 atom stereocenters. The predicted octanol–water partition coefficient (Wildman–Crippen LogP) is 1.66. The van der Waals surface area contributed by atoms with Gasteiger partial charge in [0, 0.05) is 6.54 Å². The topological polar surface area (TPSA) is 84.0 Å². The summed E-state index contributed by atoms with van der Waals surface area (Å²) in [5, 5.41) is 13.9. The Hall–Kier alpha value is -1.66. The van der Waals surface area contributed by atoms with Gasteiger partial charge < -0.3 is 4.74 Å². The maximum absolute atomic E-state index is 12.1. The maximum Gasteiger partial charge on any atom is 0.410 e. The molecule has 0 unspecified atom stereocenters. The number of hydrogen-bond acceptors (Lipinski definition) is 5. The van der Waals surface area contributed by atoms with Crippen LogP contribution in [0.15, 0.2) is 0 Å². The number of carbonyl (C=O) groups excluding carboxylic acids is 1. The monoisotopic (exact) mass is 253 g/mol. The summed E-state index contributed by atoms with van der Waals surface area (Å²) in [7, 11) is 0. The highest BCUT2D eigenvalue weighted by atomic mass is 16.6. The predicted molar refractivity (Wildman–Crippen MR) is 63.7 cm³/mol. The minimum absolute atomic E-state index is 0.132. The number of amides is 1. The summed E-state index contributed by atoms with van der Waals surface area (Å²) in [4.78, 5) is 13.8. The number of carbonyl (C=O) groups is 1. The van der Waals surface area contributed by atoms with Crippen molar-refractivity contribution in [3.63, 3.8) is 0 Å². The summed E-state index contributed by atoms with van der Waals surface area (Å²) in [5.41, 5.74) is -0.490. The highest BCUT2D eigenvalue weighted by molar-refractivity contribution is 5.68. The zero-order chi connectivity index (χ0) is 13.2. The Labute approximate surface area is 106 Å². The molecule has 1 aromatic heterocycles. The van der Waals surface area contributed by atoms with Crippen LogP contribution in [0.1, 0.15) is 51.9 Å². The summed E-state index contributed by atoms with van der Waals surface area (Å²) >= 11 is 0. The number of H-pyrrole nitrogens is 1. The molecule has 2 heterocycles. The van der Waals surface area contributed by atoms with Gasteiger partial charge in [0.1, 0.15) is 5.60 Å². The number of nitrogens with zero attached hydrogens (tertiary/aromatic N) is 4. The van der Waals surface area contributed by atoms with Crippen LogP contribution in [-0.2, 0) is 4.74 Å². The second-order valence-electron chi connectivity index (χ2n) is 5.46. The number of ether oxygens (including phenoxy) is 1. The maximum atomic E-state index is 12.1. The van der Waals surface area contributed by atoms with Crippen molar-refractivity contribution in [1.82, 2.24) is 25.5 Å². The van der Waals surface area contributed by atoms with E-state index in [0.717, 1.165) is 19.3 Å². The molecule has 0 saturated carbocycles. The molecule has 7 heteroatoms. The van der Waals surface area contributed by atoms with Gasteiger partial charge in [0.25, 0.3) is 0 Å². The molecular weight excluding hydrogens is 234 g/mol. The Kier molecular flexibility index (Phi) is 3.49. The molecule has 0 radical (unpaired) electrons. The van der Waals surface area contributed by atoms with Gasteiger partial charge in [-0.25, -0.2) is 4.79 Å². The van der Waals surface area contributed by atoms with E-state index in [2.05, 4.69) is 20.6 Å². The van der Waals surface area contributed by atoms with Gasteiger partial charge in [-0.05, 0) is 40.0 Å². The Morgan fingerprint density at radius 2 is 2.22 bits per heavy atom. The number of piperidine rings is 1. The quantitative estimate of drug-likeness (QED) is 0.822. The minimum Gasteiger partial charge on any atom is -0.444 e. The Morgan fingerprint density at radius 1 is 1.44 bits per heavy atom. The van der Waals surface area contributed by atoms with Crippen molar-refractivity contribution in [2.45, 2.75) is 51.7 Å². The van der Waals surface area contributed by atoms with Crippen molar-refractivity contribution in [3.8, 4) is 0 Å². The molecule has 1 aromatic rings. The third-order valence-electron chi connectivity index (χ3n) is 2.79. The van der Waals surface area contributed by atoms with Crippen molar-refractivity contribution in [2.24, 2.45) is 0 Å². The number of aromatic nitrogens is 4. The fourth-order valence-electron chi connectivity index (χ4n) is 2.05. The third-order valence-corrected chi connectivity index (χ3v) is 2.79. The van der Waals surface area contributed by atoms with E-state index in [9.17, 15) is 4.79 Å². The average Bonchev–Trinajstić information content (AvgIpc) is 2.80. The van der Waals surface area contributed by atoms with Crippen LogP contribution in [0.5, 0.6) is 0 Å². The average molecular weight is 253 g/mol. The zero-order valence-electron chi connectivity index (χ0n) is 11.0. The van der Waals surface area contributed by atoms with E-state index in [4.69, 9.17) is 4.74 Å². The lowest BCUT2D eigenvalue weighted by Gasteiger charge is -2.35. The lowest BCUT2D eigenvalue weighted by Crippen LogP contribution is -2.42. The molecule has 7 nitrogen and oxygen atoms in total. The van der Waals surface area contributed by atoms with Crippen LogP contribution in [0.3, 0.4) is 0 Å². The van der Waals surface area contributed by atoms with E-state index in [1.165, 1.54) is 0 Å². The second-order valence-corrected chi connectivity index (χ2v) is 5.46. The van der Waals surface area contributed by atoms with E-state index in [-0.39, 0.29) is 12.1 Å². The minimum atomic E-state index is -0.490. The first-order valence-corrected chi connectivity index (χ1v) is 6.20. The molecule has 100 valence electrons. The van der Waals surface area contributed by atoms with Crippen LogP contribution in [-0.4, -0.2) is 43.8 Å². The van der Waals surface area contributed by atoms with Gasteiger partial charge in [0.05, 0.1) is 6.04 Å². The van der Waals surface area contributed by atoms with Gasteiger partial charge >= 0.3 is 6.09 Å². The fourth-order valence-corrected chi connectivity index (χ4v) is 2.05. The summed E-state index contributed by atoms with van der Waals surface area (Å²) in [5.74, 6) is 0.556. The van der Waals surface area contributed by atoms with Gasteiger partial charge in [-0.1, -0.05) is 5.21 Å². The summed E-state index contributed by atoms with van der Waals surface area (Å²) in [6.07, 6.45) is 2.57. The first kappa shape index (κ1) is 12.8. The van der Waals surface area contributed by atoms with Gasteiger partial charge in [0.2, 0.25) is 0 Å². The Bertz CT molecular complexity index is 398. The normalized spacial score (nSPS) is 20.8. The number of tetrazole rings is 1. The van der Waals surface area contributed by atoms with E-state index in [0.29, 0.717) is 12.4 Å². The molecule has 1 aliphatic heterocycles. The van der Waals surface area contributed by atoms with Crippen LogP contribution in [0.2, 0.25) is 0 Å². The third kappa shape index (κ3) is 2.96. The molecule has 1 fully saturated rings. The van der Waals surface area contributed by atoms with E-state index < -0.39 is 5.60 Å². The number of rotatable bonds is 1. The van der Waals surface area contributed by atoms with Crippen LogP contribution < -0.4 is 0 Å². The van der Waals surface area contributed by atoms with Gasteiger partial charge in [-0.15, -0.1) is 10.2 Å². The van der Waals surface area contributed by atoms with Crippen LogP contribution in [0, 0.1) is 0 Å². The van der Waals surface area contributed by atoms with Crippen LogP contribution in [0.4, 0.5) is 4.79 Å². The van der Waals surface area contributed by atoms with Crippen molar-refractivity contribution < 1.29 is 9.53 Å². The number of nitrogens with one attached hydrogen (secondary N) is 1. The van der Waals surface area contributed by atoms with Crippen LogP contribution in [0.25, 0.3) is 0 Å². The zero-order valence-corrected chi connectivity index (χ0v) is 11.0. The van der Waals surface area contributed by atoms with Gasteiger partial charge in [-0.3, -0.25) is 4.90 Å². The first-order chi connectivity index (χ1) is 8.47. The Balaban J connectivity index is 2.11.